The predicted molar refractivity (Wildman–Crippen MR) is 244 cm³/mol. The van der Waals surface area contributed by atoms with Gasteiger partial charge >= 0.3 is 6.92 Å². The summed E-state index contributed by atoms with van der Waals surface area (Å²) in [7, 11) is 0. The molecule has 3 aromatic heterocycles. The molecule has 4 nitrogen and oxygen atoms in total. The lowest BCUT2D eigenvalue weighted by molar-refractivity contribution is 0.480. The molecule has 0 N–H and O–H groups in total. The van der Waals surface area contributed by atoms with Gasteiger partial charge in [-0.15, -0.1) is 0 Å². The fraction of sp³-hybridized carbons (Fsp3) is 0. The highest BCUT2D eigenvalue weighted by molar-refractivity contribution is 6.84. The first-order valence-corrected chi connectivity index (χ1v) is 20.3. The van der Waals surface area contributed by atoms with E-state index in [1.54, 1.807) is 0 Å². The average molecular weight is 751 g/mol. The second-order valence-corrected chi connectivity index (χ2v) is 16.0. The summed E-state index contributed by atoms with van der Waals surface area (Å²) in [6.45, 7) is -0.296. The van der Waals surface area contributed by atoms with Gasteiger partial charge in [-0.25, -0.2) is 0 Å². The van der Waals surface area contributed by atoms with Crippen molar-refractivity contribution in [1.82, 2.24) is 8.97 Å². The SMILES string of the molecule is c1cc(-c2ccc3c(c2)Oc2cc(-c4cc5c6ccccc6n6c7ccccc7c(c4)c56)cc4c2B3Oc2ccccc2-4)cc(-n2c3ccccc3c3ccccc32)c1. The van der Waals surface area contributed by atoms with E-state index in [0.29, 0.717) is 0 Å². The first kappa shape index (κ1) is 31.3. The van der Waals surface area contributed by atoms with E-state index in [1.807, 2.05) is 0 Å². The minimum Gasteiger partial charge on any atom is -0.551 e. The Kier molecular flexibility index (Phi) is 6.07. The molecule has 2 aliphatic heterocycles. The van der Waals surface area contributed by atoms with Crippen molar-refractivity contribution in [1.29, 1.82) is 0 Å². The van der Waals surface area contributed by atoms with Crippen LogP contribution in [0.5, 0.6) is 17.2 Å². The summed E-state index contributed by atoms with van der Waals surface area (Å²) in [5.74, 6) is 2.53. The Hall–Kier alpha value is -7.76. The lowest BCUT2D eigenvalue weighted by Gasteiger charge is -2.33. The molecular formula is C54H31BN2O2. The number of hydrogen-bond donors (Lipinski definition) is 0. The molecule has 0 spiro atoms. The average Bonchev–Trinajstić information content (AvgIpc) is 3.94. The van der Waals surface area contributed by atoms with Gasteiger partial charge < -0.3 is 18.4 Å². The van der Waals surface area contributed by atoms with E-state index < -0.39 is 0 Å². The molecule has 0 bridgehead atoms. The van der Waals surface area contributed by atoms with Crippen molar-refractivity contribution in [3.05, 3.63) is 188 Å². The lowest BCUT2D eigenvalue weighted by atomic mass is 9.50. The van der Waals surface area contributed by atoms with Crippen LogP contribution < -0.4 is 20.3 Å². The van der Waals surface area contributed by atoms with E-state index >= 15 is 0 Å². The Bertz CT molecular complexity index is 3630. The molecule has 0 unspecified atom stereocenters. The van der Waals surface area contributed by atoms with Crippen LogP contribution in [0, 0.1) is 0 Å². The molecule has 12 aromatic rings. The minimum absolute atomic E-state index is 0.296. The zero-order chi connectivity index (χ0) is 38.3. The van der Waals surface area contributed by atoms with Gasteiger partial charge in [-0.3, -0.25) is 0 Å². The van der Waals surface area contributed by atoms with Gasteiger partial charge in [0, 0.05) is 54.5 Å². The molecule has 5 heterocycles. The fourth-order valence-electron chi connectivity index (χ4n) is 10.3. The minimum atomic E-state index is -0.296. The molecule has 2 aliphatic rings. The van der Waals surface area contributed by atoms with Gasteiger partial charge in [0.05, 0.1) is 27.6 Å². The molecule has 0 amide bonds. The largest absolute Gasteiger partial charge is 0.551 e. The number of ether oxygens (including phenoxy) is 1. The number of nitrogens with zero attached hydrogens (tertiary/aromatic N) is 2. The topological polar surface area (TPSA) is 27.8 Å². The van der Waals surface area contributed by atoms with E-state index in [1.165, 1.54) is 59.9 Å². The van der Waals surface area contributed by atoms with Crippen molar-refractivity contribution < 1.29 is 9.39 Å². The molecule has 0 aliphatic carbocycles. The van der Waals surface area contributed by atoms with Crippen LogP contribution in [0.4, 0.5) is 0 Å². The Labute approximate surface area is 339 Å². The molecule has 9 aromatic carbocycles. The number of para-hydroxylation sites is 5. The fourth-order valence-corrected chi connectivity index (χ4v) is 10.3. The van der Waals surface area contributed by atoms with Crippen LogP contribution in [0.1, 0.15) is 0 Å². The monoisotopic (exact) mass is 750 g/mol. The van der Waals surface area contributed by atoms with Crippen LogP contribution in [0.25, 0.3) is 99.0 Å². The lowest BCUT2D eigenvalue weighted by Crippen LogP contribution is -2.53. The number of fused-ring (bicyclic) bond motifs is 13. The maximum atomic E-state index is 7.06. The molecule has 14 rings (SSSR count). The van der Waals surface area contributed by atoms with Crippen LogP contribution in [0.15, 0.2) is 188 Å². The quantitative estimate of drug-likeness (QED) is 0.168. The smallest absolute Gasteiger partial charge is 0.434 e. The van der Waals surface area contributed by atoms with E-state index in [9.17, 15) is 0 Å². The van der Waals surface area contributed by atoms with Crippen molar-refractivity contribution in [3.63, 3.8) is 0 Å². The number of rotatable bonds is 3. The molecule has 0 fully saturated rings. The standard InChI is InChI=1S/C54H31BN2O2/c1-6-19-46-37(14-1)38-15-2-7-20-47(38)56(46)36-13-11-12-32(26-36)33-24-25-45-51(30-33)58-52-31-35(27-42-41-18-5-10-23-50(41)59-55(45)53(42)52)34-28-43-39-16-3-8-21-48(39)57-49-22-9-4-17-40(49)44(29-34)54(43)57/h1-31H. The second-order valence-electron chi connectivity index (χ2n) is 16.0. The van der Waals surface area contributed by atoms with E-state index in [0.717, 1.165) is 67.2 Å². The zero-order valence-corrected chi connectivity index (χ0v) is 31.7. The van der Waals surface area contributed by atoms with Crippen molar-refractivity contribution in [2.24, 2.45) is 0 Å². The number of aromatic nitrogens is 2. The van der Waals surface area contributed by atoms with Crippen molar-refractivity contribution >= 4 is 77.7 Å². The molecule has 0 saturated heterocycles. The summed E-state index contributed by atoms with van der Waals surface area (Å²) in [6.07, 6.45) is 0. The van der Waals surface area contributed by atoms with Gasteiger partial charge in [0.1, 0.15) is 17.2 Å². The van der Waals surface area contributed by atoms with Crippen LogP contribution in [0.2, 0.25) is 0 Å². The van der Waals surface area contributed by atoms with Crippen molar-refractivity contribution in [2.45, 2.75) is 0 Å². The predicted octanol–water partition coefficient (Wildman–Crippen LogP) is 12.5. The highest BCUT2D eigenvalue weighted by Gasteiger charge is 2.41. The molecule has 0 atom stereocenters. The molecule has 0 saturated carbocycles. The van der Waals surface area contributed by atoms with Gasteiger partial charge in [0.15, 0.2) is 0 Å². The van der Waals surface area contributed by atoms with Gasteiger partial charge in [-0.2, -0.15) is 0 Å². The van der Waals surface area contributed by atoms with E-state index in [-0.39, 0.29) is 6.92 Å². The Morgan fingerprint density at radius 2 is 0.949 bits per heavy atom. The van der Waals surface area contributed by atoms with Crippen LogP contribution in [-0.2, 0) is 0 Å². The first-order valence-electron chi connectivity index (χ1n) is 20.3. The van der Waals surface area contributed by atoms with Gasteiger partial charge in [0.25, 0.3) is 0 Å². The molecule has 0 radical (unpaired) electrons. The maximum absolute atomic E-state index is 7.06. The summed E-state index contributed by atoms with van der Waals surface area (Å²) in [4.78, 5) is 0. The van der Waals surface area contributed by atoms with Gasteiger partial charge in [-0.1, -0.05) is 115 Å². The Morgan fingerprint density at radius 3 is 1.66 bits per heavy atom. The third-order valence-corrected chi connectivity index (χ3v) is 12.9. The molecular weight excluding hydrogens is 719 g/mol. The Morgan fingerprint density at radius 1 is 0.373 bits per heavy atom. The first-order chi connectivity index (χ1) is 29.2. The zero-order valence-electron chi connectivity index (χ0n) is 31.7. The normalized spacial score (nSPS) is 13.0. The Balaban J connectivity index is 0.940. The number of benzene rings is 9. The summed E-state index contributed by atoms with van der Waals surface area (Å²) in [5, 5.41) is 7.55. The van der Waals surface area contributed by atoms with Crippen molar-refractivity contribution in [3.8, 4) is 56.3 Å². The summed E-state index contributed by atoms with van der Waals surface area (Å²) in [5.41, 5.74) is 16.1. The van der Waals surface area contributed by atoms with Gasteiger partial charge in [0.2, 0.25) is 0 Å². The highest BCUT2D eigenvalue weighted by atomic mass is 16.5. The third-order valence-electron chi connectivity index (χ3n) is 12.9. The third kappa shape index (κ3) is 4.23. The number of hydrogen-bond acceptors (Lipinski definition) is 2. The molecule has 272 valence electrons. The highest BCUT2D eigenvalue weighted by Crippen LogP contribution is 2.45. The summed E-state index contributed by atoms with van der Waals surface area (Å²) in [6, 6.07) is 68.0. The van der Waals surface area contributed by atoms with Gasteiger partial charge in [-0.05, 0) is 101 Å². The van der Waals surface area contributed by atoms with Crippen LogP contribution in [0.3, 0.4) is 0 Å². The second kappa shape index (κ2) is 11.4. The molecule has 5 heteroatoms. The summed E-state index contributed by atoms with van der Waals surface area (Å²) < 4.78 is 18.8. The molecule has 59 heavy (non-hydrogen) atoms. The maximum Gasteiger partial charge on any atom is 0.434 e. The van der Waals surface area contributed by atoms with Crippen molar-refractivity contribution in [2.75, 3.05) is 0 Å². The van der Waals surface area contributed by atoms with Crippen LogP contribution in [-0.4, -0.2) is 15.9 Å². The van der Waals surface area contributed by atoms with Crippen LogP contribution >= 0.6 is 0 Å². The van der Waals surface area contributed by atoms with E-state index in [4.69, 9.17) is 9.39 Å². The van der Waals surface area contributed by atoms with E-state index in [2.05, 4.69) is 197 Å². The summed E-state index contributed by atoms with van der Waals surface area (Å²) >= 11 is 0.